The fourth-order valence-corrected chi connectivity index (χ4v) is 3.63. The molecular weight excluding hydrogens is 388 g/mol. The Hall–Kier alpha value is -3.33. The number of carbonyl (C=O) groups is 1. The molecule has 1 amide bonds. The van der Waals surface area contributed by atoms with Crippen LogP contribution in [-0.4, -0.2) is 50.0 Å². The van der Waals surface area contributed by atoms with E-state index in [9.17, 15) is 4.79 Å². The second-order valence-corrected chi connectivity index (χ2v) is 7.21. The lowest BCUT2D eigenvalue weighted by Crippen LogP contribution is -2.27. The molecule has 0 bridgehead atoms. The molecule has 4 aromatic rings. The zero-order valence-electron chi connectivity index (χ0n) is 15.8. The molecule has 0 spiro atoms. The molecule has 0 aliphatic carbocycles. The van der Waals surface area contributed by atoms with E-state index >= 15 is 0 Å². The number of benzene rings is 2. The van der Waals surface area contributed by atoms with Crippen molar-refractivity contribution >= 4 is 28.7 Å². The molecule has 2 N–H and O–H groups in total. The van der Waals surface area contributed by atoms with Gasteiger partial charge in [-0.15, -0.1) is 10.2 Å². The molecule has 0 atom stereocenters. The third-order valence-electron chi connectivity index (χ3n) is 4.32. The quantitative estimate of drug-likeness (QED) is 0.435. The van der Waals surface area contributed by atoms with E-state index in [1.165, 1.54) is 11.8 Å². The van der Waals surface area contributed by atoms with Gasteiger partial charge in [0.15, 0.2) is 5.16 Å². The molecule has 0 unspecified atom stereocenters. The smallest absolute Gasteiger partial charge is 0.230 e. The minimum atomic E-state index is -0.0598. The molecule has 0 saturated heterocycles. The van der Waals surface area contributed by atoms with Gasteiger partial charge in [0.2, 0.25) is 5.91 Å². The van der Waals surface area contributed by atoms with Gasteiger partial charge < -0.3 is 15.0 Å². The molecule has 2 aromatic heterocycles. The molecule has 29 heavy (non-hydrogen) atoms. The van der Waals surface area contributed by atoms with Gasteiger partial charge in [0.1, 0.15) is 17.9 Å². The van der Waals surface area contributed by atoms with E-state index in [0.29, 0.717) is 18.1 Å². The zero-order valence-corrected chi connectivity index (χ0v) is 16.6. The number of carbonyl (C=O) groups excluding carboxylic acids is 1. The standard InChI is InChI=1S/C20H20N6O2S/c1-28-15-8-6-14(7-9-15)26-13-22-25-20(26)29-12-19(27)21-11-10-18-23-16-4-2-3-5-17(16)24-18/h2-9,13H,10-12H2,1H3,(H,21,27)(H,23,24). The van der Waals surface area contributed by atoms with Crippen LogP contribution in [0.15, 0.2) is 60.0 Å². The summed E-state index contributed by atoms with van der Waals surface area (Å²) < 4.78 is 7.02. The topological polar surface area (TPSA) is 97.7 Å². The Bertz CT molecular complexity index is 1070. The van der Waals surface area contributed by atoms with Crippen LogP contribution >= 0.6 is 11.8 Å². The molecule has 9 heteroatoms. The Morgan fingerprint density at radius 2 is 2.03 bits per heavy atom. The molecule has 0 aliphatic heterocycles. The summed E-state index contributed by atoms with van der Waals surface area (Å²) >= 11 is 1.34. The molecule has 0 saturated carbocycles. The Morgan fingerprint density at radius 1 is 1.21 bits per heavy atom. The number of ether oxygens (including phenoxy) is 1. The fraction of sp³-hybridized carbons (Fsp3) is 0.200. The summed E-state index contributed by atoms with van der Waals surface area (Å²) in [4.78, 5) is 20.0. The summed E-state index contributed by atoms with van der Waals surface area (Å²) in [6.45, 7) is 0.518. The summed E-state index contributed by atoms with van der Waals surface area (Å²) in [5.74, 6) is 1.84. The number of hydrogen-bond donors (Lipinski definition) is 2. The van der Waals surface area contributed by atoms with Gasteiger partial charge in [0.05, 0.1) is 23.9 Å². The molecule has 148 valence electrons. The lowest BCUT2D eigenvalue weighted by Gasteiger charge is -2.07. The first kappa shape index (κ1) is 19.0. The van der Waals surface area contributed by atoms with Crippen LogP contribution in [0.3, 0.4) is 0 Å². The monoisotopic (exact) mass is 408 g/mol. The Morgan fingerprint density at radius 3 is 2.83 bits per heavy atom. The van der Waals surface area contributed by atoms with Crippen LogP contribution < -0.4 is 10.1 Å². The van der Waals surface area contributed by atoms with Crippen molar-refractivity contribution in [3.63, 3.8) is 0 Å². The SMILES string of the molecule is COc1ccc(-n2cnnc2SCC(=O)NCCc2nc3ccccc3[nH]2)cc1. The molecule has 0 radical (unpaired) electrons. The largest absolute Gasteiger partial charge is 0.497 e. The number of rotatable bonds is 8. The van der Waals surface area contributed by atoms with E-state index < -0.39 is 0 Å². The minimum absolute atomic E-state index is 0.0598. The van der Waals surface area contributed by atoms with E-state index in [0.717, 1.165) is 28.3 Å². The van der Waals surface area contributed by atoms with Crippen LogP contribution in [0.1, 0.15) is 5.82 Å². The Labute approximate surface area is 171 Å². The third-order valence-corrected chi connectivity index (χ3v) is 5.26. The number of aromatic nitrogens is 5. The Balaban J connectivity index is 1.28. The lowest BCUT2D eigenvalue weighted by molar-refractivity contribution is -0.118. The van der Waals surface area contributed by atoms with Crippen LogP contribution in [-0.2, 0) is 11.2 Å². The predicted molar refractivity (Wildman–Crippen MR) is 111 cm³/mol. The van der Waals surface area contributed by atoms with Gasteiger partial charge in [0, 0.05) is 18.7 Å². The first-order valence-corrected chi connectivity index (χ1v) is 10.1. The summed E-state index contributed by atoms with van der Waals surface area (Å²) in [6, 6.07) is 15.4. The van der Waals surface area contributed by atoms with Crippen LogP contribution in [0, 0.1) is 0 Å². The molecular formula is C20H20N6O2S. The number of imidazole rings is 1. The number of para-hydroxylation sites is 2. The third kappa shape index (κ3) is 4.57. The molecule has 8 nitrogen and oxygen atoms in total. The fourth-order valence-electron chi connectivity index (χ4n) is 2.87. The first-order valence-electron chi connectivity index (χ1n) is 9.10. The van der Waals surface area contributed by atoms with E-state index in [4.69, 9.17) is 4.74 Å². The number of nitrogens with one attached hydrogen (secondary N) is 2. The highest BCUT2D eigenvalue weighted by atomic mass is 32.2. The van der Waals surface area contributed by atoms with Gasteiger partial charge in [0.25, 0.3) is 0 Å². The highest BCUT2D eigenvalue weighted by Crippen LogP contribution is 2.21. The van der Waals surface area contributed by atoms with Crippen molar-refractivity contribution < 1.29 is 9.53 Å². The van der Waals surface area contributed by atoms with Crippen molar-refractivity contribution in [3.05, 3.63) is 60.7 Å². The molecule has 0 fully saturated rings. The van der Waals surface area contributed by atoms with Crippen molar-refractivity contribution in [2.75, 3.05) is 19.4 Å². The second-order valence-electron chi connectivity index (χ2n) is 6.27. The number of amides is 1. The van der Waals surface area contributed by atoms with Gasteiger partial charge >= 0.3 is 0 Å². The number of fused-ring (bicyclic) bond motifs is 1. The predicted octanol–water partition coefficient (Wildman–Crippen LogP) is 2.60. The van der Waals surface area contributed by atoms with Gasteiger partial charge in [-0.3, -0.25) is 9.36 Å². The number of aromatic amines is 1. The van der Waals surface area contributed by atoms with Crippen LogP contribution in [0.5, 0.6) is 5.75 Å². The molecule has 2 heterocycles. The summed E-state index contributed by atoms with van der Waals surface area (Å²) in [5.41, 5.74) is 2.84. The average molecular weight is 408 g/mol. The maximum Gasteiger partial charge on any atom is 0.230 e. The number of nitrogens with zero attached hydrogens (tertiary/aromatic N) is 4. The van der Waals surface area contributed by atoms with Crippen molar-refractivity contribution in [2.24, 2.45) is 0 Å². The van der Waals surface area contributed by atoms with Crippen molar-refractivity contribution in [3.8, 4) is 11.4 Å². The average Bonchev–Trinajstić information content (AvgIpc) is 3.38. The van der Waals surface area contributed by atoms with E-state index in [1.54, 1.807) is 13.4 Å². The van der Waals surface area contributed by atoms with Gasteiger partial charge in [-0.1, -0.05) is 23.9 Å². The van der Waals surface area contributed by atoms with Gasteiger partial charge in [-0.2, -0.15) is 0 Å². The summed E-state index contributed by atoms with van der Waals surface area (Å²) in [7, 11) is 1.63. The van der Waals surface area contributed by atoms with E-state index in [-0.39, 0.29) is 11.7 Å². The highest BCUT2D eigenvalue weighted by Gasteiger charge is 2.10. The number of H-pyrrole nitrogens is 1. The lowest BCUT2D eigenvalue weighted by atomic mass is 10.3. The maximum absolute atomic E-state index is 12.2. The minimum Gasteiger partial charge on any atom is -0.497 e. The van der Waals surface area contributed by atoms with E-state index in [2.05, 4.69) is 25.5 Å². The highest BCUT2D eigenvalue weighted by molar-refractivity contribution is 7.99. The first-order chi connectivity index (χ1) is 14.2. The number of hydrogen-bond acceptors (Lipinski definition) is 6. The van der Waals surface area contributed by atoms with Crippen LogP contribution in [0.25, 0.3) is 16.7 Å². The van der Waals surface area contributed by atoms with E-state index in [1.807, 2.05) is 53.1 Å². The molecule has 4 rings (SSSR count). The second kappa shape index (κ2) is 8.78. The molecule has 2 aromatic carbocycles. The maximum atomic E-state index is 12.2. The van der Waals surface area contributed by atoms with Gasteiger partial charge in [-0.05, 0) is 36.4 Å². The molecule has 0 aliphatic rings. The summed E-state index contributed by atoms with van der Waals surface area (Å²) in [6.07, 6.45) is 2.27. The van der Waals surface area contributed by atoms with Crippen LogP contribution in [0.4, 0.5) is 0 Å². The zero-order chi connectivity index (χ0) is 20.1. The van der Waals surface area contributed by atoms with Gasteiger partial charge in [-0.25, -0.2) is 4.98 Å². The number of methoxy groups -OCH3 is 1. The van der Waals surface area contributed by atoms with Crippen molar-refractivity contribution in [2.45, 2.75) is 11.6 Å². The number of thioether (sulfide) groups is 1. The van der Waals surface area contributed by atoms with Crippen LogP contribution in [0.2, 0.25) is 0 Å². The Kier molecular flexibility index (Phi) is 5.76. The normalized spacial score (nSPS) is 10.9. The van der Waals surface area contributed by atoms with Crippen molar-refractivity contribution in [1.29, 1.82) is 0 Å². The van der Waals surface area contributed by atoms with Crippen molar-refractivity contribution in [1.82, 2.24) is 30.0 Å². The summed E-state index contributed by atoms with van der Waals surface area (Å²) in [5, 5.41) is 11.6.